The minimum atomic E-state index is -0.268. The van der Waals surface area contributed by atoms with Gasteiger partial charge in [0.05, 0.1) is 5.69 Å². The van der Waals surface area contributed by atoms with E-state index in [0.717, 1.165) is 17.3 Å². The van der Waals surface area contributed by atoms with Crippen molar-refractivity contribution >= 4 is 33.6 Å². The zero-order valence-corrected chi connectivity index (χ0v) is 16.6. The first kappa shape index (κ1) is 18.8. The molecule has 0 spiro atoms. The molecule has 0 radical (unpaired) electrons. The van der Waals surface area contributed by atoms with Crippen LogP contribution in [0.5, 0.6) is 11.5 Å². The first-order valence-electron chi connectivity index (χ1n) is 8.89. The van der Waals surface area contributed by atoms with Gasteiger partial charge in [-0.25, -0.2) is 4.79 Å². The Balaban J connectivity index is 1.53. The van der Waals surface area contributed by atoms with Crippen LogP contribution >= 0.6 is 15.9 Å². The fourth-order valence-electron chi connectivity index (χ4n) is 3.11. The highest BCUT2D eigenvalue weighted by Crippen LogP contribution is 2.38. The molecule has 0 atom stereocenters. The van der Waals surface area contributed by atoms with Crippen molar-refractivity contribution in [2.24, 2.45) is 5.92 Å². The molecule has 2 N–H and O–H groups in total. The maximum Gasteiger partial charge on any atom is 0.319 e. The number of anilines is 1. The molecule has 0 unspecified atom stereocenters. The molecule has 7 nitrogen and oxygen atoms in total. The SMILES string of the molecule is CC(C)C(=O)N1CCC(NC(=O)Nc2cc3c(cc2Br)OCCO3)CC1. The van der Waals surface area contributed by atoms with Gasteiger partial charge in [-0.1, -0.05) is 13.8 Å². The summed E-state index contributed by atoms with van der Waals surface area (Å²) in [6, 6.07) is 3.33. The second-order valence-corrected chi connectivity index (χ2v) is 7.68. The molecule has 0 saturated carbocycles. The van der Waals surface area contributed by atoms with Crippen molar-refractivity contribution in [2.75, 3.05) is 31.6 Å². The smallest absolute Gasteiger partial charge is 0.319 e. The van der Waals surface area contributed by atoms with Gasteiger partial charge in [0.2, 0.25) is 5.91 Å². The molecule has 26 heavy (non-hydrogen) atoms. The normalized spacial score (nSPS) is 17.2. The number of hydrogen-bond acceptors (Lipinski definition) is 4. The molecule has 2 heterocycles. The maximum absolute atomic E-state index is 12.3. The van der Waals surface area contributed by atoms with Crippen molar-refractivity contribution in [3.05, 3.63) is 16.6 Å². The molecular formula is C18H24BrN3O4. The Morgan fingerprint density at radius 2 is 1.77 bits per heavy atom. The summed E-state index contributed by atoms with van der Waals surface area (Å²) in [5.74, 6) is 1.47. The lowest BCUT2D eigenvalue weighted by Gasteiger charge is -2.33. The van der Waals surface area contributed by atoms with Crippen LogP contribution in [-0.2, 0) is 4.79 Å². The van der Waals surface area contributed by atoms with E-state index in [9.17, 15) is 9.59 Å². The van der Waals surface area contributed by atoms with Gasteiger partial charge >= 0.3 is 6.03 Å². The number of hydrogen-bond donors (Lipinski definition) is 2. The fraction of sp³-hybridized carbons (Fsp3) is 0.556. The monoisotopic (exact) mass is 425 g/mol. The summed E-state index contributed by atoms with van der Waals surface area (Å²) in [6.07, 6.45) is 1.52. The number of nitrogens with zero attached hydrogens (tertiary/aromatic N) is 1. The van der Waals surface area contributed by atoms with Gasteiger partial charge in [-0.05, 0) is 28.8 Å². The standard InChI is InChI=1S/C18H24BrN3O4/c1-11(2)17(23)22-5-3-12(4-6-22)20-18(24)21-14-10-16-15(9-13(14)19)25-7-8-26-16/h9-12H,3-8H2,1-2H3,(H2,20,21,24). The van der Waals surface area contributed by atoms with Gasteiger partial charge in [-0.2, -0.15) is 0 Å². The number of amides is 3. The molecule has 3 rings (SSSR count). The highest BCUT2D eigenvalue weighted by atomic mass is 79.9. The lowest BCUT2D eigenvalue weighted by atomic mass is 10.0. The second-order valence-electron chi connectivity index (χ2n) is 6.83. The Hall–Kier alpha value is -1.96. The molecule has 0 bridgehead atoms. The van der Waals surface area contributed by atoms with Gasteiger partial charge in [0.1, 0.15) is 13.2 Å². The van der Waals surface area contributed by atoms with Crippen LogP contribution in [0.2, 0.25) is 0 Å². The molecule has 8 heteroatoms. The van der Waals surface area contributed by atoms with Crippen molar-refractivity contribution < 1.29 is 19.1 Å². The minimum absolute atomic E-state index is 0.00960. The fourth-order valence-corrected chi connectivity index (χ4v) is 3.53. The van der Waals surface area contributed by atoms with Crippen molar-refractivity contribution in [2.45, 2.75) is 32.7 Å². The van der Waals surface area contributed by atoms with Crippen LogP contribution in [0, 0.1) is 5.92 Å². The molecule has 2 aliphatic rings. The Kier molecular flexibility index (Phi) is 5.90. The van der Waals surface area contributed by atoms with E-state index in [1.54, 1.807) is 12.1 Å². The Morgan fingerprint density at radius 1 is 1.15 bits per heavy atom. The Labute approximate surface area is 161 Å². The highest BCUT2D eigenvalue weighted by molar-refractivity contribution is 9.10. The van der Waals surface area contributed by atoms with Crippen LogP contribution < -0.4 is 20.1 Å². The molecule has 0 aliphatic carbocycles. The van der Waals surface area contributed by atoms with Gasteiger partial charge in [0.25, 0.3) is 0 Å². The van der Waals surface area contributed by atoms with Gasteiger partial charge in [0, 0.05) is 41.7 Å². The average molecular weight is 426 g/mol. The molecule has 1 aromatic rings. The van der Waals surface area contributed by atoms with Crippen molar-refractivity contribution in [1.82, 2.24) is 10.2 Å². The number of likely N-dealkylation sites (tertiary alicyclic amines) is 1. The summed E-state index contributed by atoms with van der Waals surface area (Å²) >= 11 is 3.44. The van der Waals surface area contributed by atoms with Crippen LogP contribution in [0.4, 0.5) is 10.5 Å². The lowest BCUT2D eigenvalue weighted by molar-refractivity contribution is -0.135. The molecule has 1 aromatic carbocycles. The van der Waals surface area contributed by atoms with E-state index >= 15 is 0 Å². The third kappa shape index (κ3) is 4.41. The first-order chi connectivity index (χ1) is 12.4. The zero-order valence-electron chi connectivity index (χ0n) is 15.0. The Morgan fingerprint density at radius 3 is 2.38 bits per heavy atom. The summed E-state index contributed by atoms with van der Waals surface area (Å²) in [7, 11) is 0. The largest absolute Gasteiger partial charge is 0.486 e. The number of carbonyl (C=O) groups is 2. The van der Waals surface area contributed by atoms with Crippen LogP contribution in [0.15, 0.2) is 16.6 Å². The molecule has 1 fully saturated rings. The number of carbonyl (C=O) groups excluding carboxylic acids is 2. The maximum atomic E-state index is 12.3. The van der Waals surface area contributed by atoms with Gasteiger partial charge in [-0.3, -0.25) is 4.79 Å². The van der Waals surface area contributed by atoms with Crippen molar-refractivity contribution in [1.29, 1.82) is 0 Å². The topological polar surface area (TPSA) is 79.9 Å². The summed E-state index contributed by atoms with van der Waals surface area (Å²) in [4.78, 5) is 26.2. The van der Waals surface area contributed by atoms with Gasteiger partial charge in [-0.15, -0.1) is 0 Å². The number of piperidine rings is 1. The average Bonchev–Trinajstić information content (AvgIpc) is 2.62. The van der Waals surface area contributed by atoms with Crippen LogP contribution in [-0.4, -0.2) is 49.2 Å². The van der Waals surface area contributed by atoms with E-state index < -0.39 is 0 Å². The van der Waals surface area contributed by atoms with Crippen LogP contribution in [0.3, 0.4) is 0 Å². The van der Waals surface area contributed by atoms with E-state index in [2.05, 4.69) is 26.6 Å². The quantitative estimate of drug-likeness (QED) is 0.779. The number of nitrogens with one attached hydrogen (secondary N) is 2. The van der Waals surface area contributed by atoms with Crippen molar-refractivity contribution in [3.63, 3.8) is 0 Å². The molecule has 3 amide bonds. The highest BCUT2D eigenvalue weighted by Gasteiger charge is 2.25. The second kappa shape index (κ2) is 8.16. The summed E-state index contributed by atoms with van der Waals surface area (Å²) in [5.41, 5.74) is 0.624. The van der Waals surface area contributed by atoms with E-state index in [4.69, 9.17) is 9.47 Å². The third-order valence-electron chi connectivity index (χ3n) is 4.52. The summed E-state index contributed by atoms with van der Waals surface area (Å²) in [5, 5.41) is 5.83. The number of benzene rings is 1. The van der Waals surface area contributed by atoms with Gasteiger partial charge in [0.15, 0.2) is 11.5 Å². The number of ether oxygens (including phenoxy) is 2. The third-order valence-corrected chi connectivity index (χ3v) is 5.17. The predicted octanol–water partition coefficient (Wildman–Crippen LogP) is 2.99. The first-order valence-corrected chi connectivity index (χ1v) is 9.69. The van der Waals surface area contributed by atoms with Crippen molar-refractivity contribution in [3.8, 4) is 11.5 Å². The van der Waals surface area contributed by atoms with Gasteiger partial charge < -0.3 is 25.0 Å². The van der Waals surface area contributed by atoms with E-state index in [1.165, 1.54) is 0 Å². The molecule has 142 valence electrons. The Bertz CT molecular complexity index is 687. The lowest BCUT2D eigenvalue weighted by Crippen LogP contribution is -2.48. The molecule has 2 aliphatic heterocycles. The number of rotatable bonds is 3. The molecule has 0 aromatic heterocycles. The molecule has 1 saturated heterocycles. The number of fused-ring (bicyclic) bond motifs is 1. The number of halogens is 1. The summed E-state index contributed by atoms with van der Waals surface area (Å²) in [6.45, 7) is 6.18. The van der Waals surface area contributed by atoms with Crippen LogP contribution in [0.25, 0.3) is 0 Å². The zero-order chi connectivity index (χ0) is 18.7. The van der Waals surface area contributed by atoms with E-state index in [-0.39, 0.29) is 23.9 Å². The predicted molar refractivity (Wildman–Crippen MR) is 102 cm³/mol. The number of urea groups is 1. The van der Waals surface area contributed by atoms with Crippen LogP contribution in [0.1, 0.15) is 26.7 Å². The van der Waals surface area contributed by atoms with E-state index in [1.807, 2.05) is 18.7 Å². The minimum Gasteiger partial charge on any atom is -0.486 e. The molecular weight excluding hydrogens is 402 g/mol. The van der Waals surface area contributed by atoms with E-state index in [0.29, 0.717) is 43.5 Å². The summed E-state index contributed by atoms with van der Waals surface area (Å²) < 4.78 is 11.8.